The van der Waals surface area contributed by atoms with Gasteiger partial charge in [-0.3, -0.25) is 14.4 Å². The van der Waals surface area contributed by atoms with Gasteiger partial charge in [0.05, 0.1) is 24.4 Å². The number of fused-ring (bicyclic) bond motifs is 2. The maximum Gasteiger partial charge on any atom is 0.256 e. The largest absolute Gasteiger partial charge is 0.494 e. The van der Waals surface area contributed by atoms with E-state index < -0.39 is 6.04 Å². The van der Waals surface area contributed by atoms with Gasteiger partial charge in [0.25, 0.3) is 11.8 Å². The Hall–Kier alpha value is -4.13. The van der Waals surface area contributed by atoms with Crippen LogP contribution in [0, 0.1) is 0 Å². The molecule has 5 rings (SSSR count). The van der Waals surface area contributed by atoms with E-state index >= 15 is 0 Å². The highest BCUT2D eigenvalue weighted by Gasteiger charge is 2.42. The van der Waals surface area contributed by atoms with Crippen LogP contribution in [0.4, 0.5) is 5.69 Å². The number of amides is 3. The summed E-state index contributed by atoms with van der Waals surface area (Å²) in [6.07, 6.45) is 1.46. The van der Waals surface area contributed by atoms with E-state index in [0.717, 1.165) is 23.3 Å². The van der Waals surface area contributed by atoms with Crippen molar-refractivity contribution in [1.29, 1.82) is 0 Å². The van der Waals surface area contributed by atoms with Crippen molar-refractivity contribution in [3.05, 3.63) is 95.1 Å². The third-order valence-electron chi connectivity index (χ3n) is 6.74. The van der Waals surface area contributed by atoms with Crippen LogP contribution in [0.3, 0.4) is 0 Å². The first-order chi connectivity index (χ1) is 17.6. The van der Waals surface area contributed by atoms with Gasteiger partial charge in [0.1, 0.15) is 11.8 Å². The normalized spacial score (nSPS) is 16.9. The van der Waals surface area contributed by atoms with Crippen molar-refractivity contribution in [2.45, 2.75) is 38.9 Å². The van der Waals surface area contributed by atoms with Crippen molar-refractivity contribution in [2.75, 3.05) is 18.1 Å². The average molecular weight is 484 g/mol. The summed E-state index contributed by atoms with van der Waals surface area (Å²) in [5.41, 5.74) is 3.27. The third kappa shape index (κ3) is 4.56. The molecule has 0 aromatic heterocycles. The lowest BCUT2D eigenvalue weighted by Crippen LogP contribution is -2.44. The Balaban J connectivity index is 1.40. The molecular weight excluding hydrogens is 454 g/mol. The van der Waals surface area contributed by atoms with E-state index in [0.29, 0.717) is 42.9 Å². The molecule has 0 radical (unpaired) electrons. The molecule has 2 heterocycles. The molecule has 1 unspecified atom stereocenters. The zero-order valence-corrected chi connectivity index (χ0v) is 20.3. The van der Waals surface area contributed by atoms with E-state index in [1.165, 1.54) is 0 Å². The fourth-order valence-corrected chi connectivity index (χ4v) is 5.01. The molecule has 3 amide bonds. The summed E-state index contributed by atoms with van der Waals surface area (Å²) in [5.74, 6) is 0.332. The smallest absolute Gasteiger partial charge is 0.256 e. The number of carbonyl (C=O) groups is 3. The summed E-state index contributed by atoms with van der Waals surface area (Å²) in [7, 11) is 0. The fourth-order valence-electron chi connectivity index (χ4n) is 5.01. The fraction of sp³-hybridized carbons (Fsp3) is 0.276. The van der Waals surface area contributed by atoms with Crippen molar-refractivity contribution in [2.24, 2.45) is 0 Å². The first-order valence-corrected chi connectivity index (χ1v) is 12.4. The van der Waals surface area contributed by atoms with Crippen LogP contribution in [-0.2, 0) is 17.9 Å². The highest BCUT2D eigenvalue weighted by molar-refractivity contribution is 6.11. The highest BCUT2D eigenvalue weighted by Crippen LogP contribution is 2.33. The number of nitrogens with one attached hydrogen (secondary N) is 1. The molecule has 184 valence electrons. The Bertz CT molecular complexity index is 1300. The van der Waals surface area contributed by atoms with Crippen LogP contribution < -0.4 is 15.0 Å². The number of hydrogen-bond acceptors (Lipinski definition) is 4. The standard InChI is InChI=1S/C29H29N3O4/c1-2-36-22-11-7-9-20(17-22)18-30-27(33)23-12-4-3-10-21(23)19-32-25-14-6-5-13-24(25)28(34)31-16-8-15-26(31)29(32)35/h3-7,9-14,17,26H,2,8,15-16,18-19H2,1H3,(H,30,33). The van der Waals surface area contributed by atoms with Gasteiger partial charge in [0, 0.05) is 18.7 Å². The van der Waals surface area contributed by atoms with Gasteiger partial charge in [0.15, 0.2) is 0 Å². The van der Waals surface area contributed by atoms with Crippen molar-refractivity contribution < 1.29 is 19.1 Å². The maximum absolute atomic E-state index is 13.6. The second kappa shape index (κ2) is 10.2. The number of ether oxygens (including phenoxy) is 1. The summed E-state index contributed by atoms with van der Waals surface area (Å²) < 4.78 is 5.55. The van der Waals surface area contributed by atoms with Gasteiger partial charge in [-0.2, -0.15) is 0 Å². The van der Waals surface area contributed by atoms with E-state index in [1.54, 1.807) is 28.0 Å². The highest BCUT2D eigenvalue weighted by atomic mass is 16.5. The molecule has 0 bridgehead atoms. The van der Waals surface area contributed by atoms with Crippen LogP contribution in [-0.4, -0.2) is 41.8 Å². The number of rotatable bonds is 7. The molecule has 2 aliphatic heterocycles. The number of benzene rings is 3. The Morgan fingerprint density at radius 2 is 1.83 bits per heavy atom. The van der Waals surface area contributed by atoms with Gasteiger partial charge in [-0.15, -0.1) is 0 Å². The molecule has 1 atom stereocenters. The predicted molar refractivity (Wildman–Crippen MR) is 137 cm³/mol. The molecule has 2 aliphatic rings. The van der Waals surface area contributed by atoms with E-state index in [2.05, 4.69) is 5.32 Å². The molecule has 3 aromatic rings. The van der Waals surface area contributed by atoms with Gasteiger partial charge in [-0.1, -0.05) is 42.5 Å². The average Bonchev–Trinajstić information content (AvgIpc) is 3.38. The molecule has 1 N–H and O–H groups in total. The van der Waals surface area contributed by atoms with Crippen LogP contribution in [0.1, 0.15) is 51.6 Å². The summed E-state index contributed by atoms with van der Waals surface area (Å²) in [5, 5.41) is 2.99. The lowest BCUT2D eigenvalue weighted by molar-refractivity contribution is -0.122. The lowest BCUT2D eigenvalue weighted by atomic mass is 10.0. The molecule has 0 saturated carbocycles. The van der Waals surface area contributed by atoms with Gasteiger partial charge < -0.3 is 19.9 Å². The molecule has 0 aliphatic carbocycles. The molecular formula is C29H29N3O4. The van der Waals surface area contributed by atoms with E-state index in [4.69, 9.17) is 4.74 Å². The Labute approximate surface area is 210 Å². The van der Waals surface area contributed by atoms with Crippen molar-refractivity contribution >= 4 is 23.4 Å². The van der Waals surface area contributed by atoms with Crippen LogP contribution in [0.15, 0.2) is 72.8 Å². The Morgan fingerprint density at radius 3 is 2.69 bits per heavy atom. The second-order valence-electron chi connectivity index (χ2n) is 9.02. The predicted octanol–water partition coefficient (Wildman–Crippen LogP) is 4.17. The molecule has 1 fully saturated rings. The zero-order valence-electron chi connectivity index (χ0n) is 20.3. The van der Waals surface area contributed by atoms with E-state index in [-0.39, 0.29) is 24.3 Å². The molecule has 0 spiro atoms. The maximum atomic E-state index is 13.6. The van der Waals surface area contributed by atoms with E-state index in [9.17, 15) is 14.4 Å². The number of carbonyl (C=O) groups excluding carboxylic acids is 3. The van der Waals surface area contributed by atoms with Crippen LogP contribution in [0.25, 0.3) is 0 Å². The number of hydrogen-bond donors (Lipinski definition) is 1. The molecule has 1 saturated heterocycles. The van der Waals surface area contributed by atoms with Gasteiger partial charge in [0.2, 0.25) is 5.91 Å². The van der Waals surface area contributed by atoms with Crippen LogP contribution in [0.5, 0.6) is 5.75 Å². The third-order valence-corrected chi connectivity index (χ3v) is 6.74. The Morgan fingerprint density at radius 1 is 1.03 bits per heavy atom. The van der Waals surface area contributed by atoms with Crippen molar-refractivity contribution in [3.63, 3.8) is 0 Å². The van der Waals surface area contributed by atoms with Gasteiger partial charge >= 0.3 is 0 Å². The minimum absolute atomic E-state index is 0.103. The minimum atomic E-state index is -0.469. The van der Waals surface area contributed by atoms with Gasteiger partial charge in [-0.05, 0) is 61.2 Å². The SMILES string of the molecule is CCOc1cccc(CNC(=O)c2ccccc2CN2C(=O)C3CCCN3C(=O)c3ccccc32)c1. The summed E-state index contributed by atoms with van der Waals surface area (Å²) in [6.45, 7) is 3.65. The van der Waals surface area contributed by atoms with E-state index in [1.807, 2.05) is 61.5 Å². The summed E-state index contributed by atoms with van der Waals surface area (Å²) in [6, 6.07) is 21.7. The van der Waals surface area contributed by atoms with Crippen molar-refractivity contribution in [3.8, 4) is 5.75 Å². The number of anilines is 1. The zero-order chi connectivity index (χ0) is 25.1. The number of nitrogens with zero attached hydrogens (tertiary/aromatic N) is 2. The van der Waals surface area contributed by atoms with Crippen LogP contribution in [0.2, 0.25) is 0 Å². The second-order valence-corrected chi connectivity index (χ2v) is 9.02. The first kappa shape index (κ1) is 23.6. The first-order valence-electron chi connectivity index (χ1n) is 12.4. The minimum Gasteiger partial charge on any atom is -0.494 e. The Kier molecular flexibility index (Phi) is 6.71. The summed E-state index contributed by atoms with van der Waals surface area (Å²) in [4.78, 5) is 43.4. The topological polar surface area (TPSA) is 79.0 Å². The molecule has 7 heteroatoms. The molecule has 3 aromatic carbocycles. The number of para-hydroxylation sites is 1. The molecule has 7 nitrogen and oxygen atoms in total. The van der Waals surface area contributed by atoms with Crippen molar-refractivity contribution in [1.82, 2.24) is 10.2 Å². The van der Waals surface area contributed by atoms with Crippen LogP contribution >= 0.6 is 0 Å². The summed E-state index contributed by atoms with van der Waals surface area (Å²) >= 11 is 0. The monoisotopic (exact) mass is 483 g/mol. The van der Waals surface area contributed by atoms with Gasteiger partial charge in [-0.25, -0.2) is 0 Å². The lowest BCUT2D eigenvalue weighted by Gasteiger charge is -2.26. The quantitative estimate of drug-likeness (QED) is 0.547. The molecule has 36 heavy (non-hydrogen) atoms.